The summed E-state index contributed by atoms with van der Waals surface area (Å²) < 4.78 is 80.9. The average molecular weight is 515 g/mol. The SMILES string of the molecule is CC(C)CC(C(=O)O)c1ccc(-c2ccc(C(F)(F)F)cc2Cl)c(-c2ccccc2C(F)(F)F)c1. The standard InChI is InChI=1S/C26H21ClF6O2/c1-14(2)11-20(24(34)35)15-7-9-17(19-10-8-16(13-23(19)27)25(28,29)30)21(12-15)18-5-3-4-6-22(18)26(31,32)33/h3-10,12-14,20H,11H2,1-2H3,(H,34,35). The van der Waals surface area contributed by atoms with Crippen molar-refractivity contribution >= 4 is 17.6 Å². The van der Waals surface area contributed by atoms with Crippen molar-refractivity contribution in [1.29, 1.82) is 0 Å². The first kappa shape index (κ1) is 26.6. The monoisotopic (exact) mass is 514 g/mol. The summed E-state index contributed by atoms with van der Waals surface area (Å²) in [6.45, 7) is 3.65. The molecular formula is C26H21ClF6O2. The highest BCUT2D eigenvalue weighted by molar-refractivity contribution is 6.33. The van der Waals surface area contributed by atoms with E-state index in [0.29, 0.717) is 6.07 Å². The summed E-state index contributed by atoms with van der Waals surface area (Å²) in [7, 11) is 0. The molecule has 0 saturated carbocycles. The number of halogens is 7. The van der Waals surface area contributed by atoms with Gasteiger partial charge in [-0.05, 0) is 58.9 Å². The van der Waals surface area contributed by atoms with Gasteiger partial charge in [-0.1, -0.05) is 61.8 Å². The van der Waals surface area contributed by atoms with Gasteiger partial charge in [-0.3, -0.25) is 4.79 Å². The molecule has 0 fully saturated rings. The van der Waals surface area contributed by atoms with Crippen LogP contribution in [0.2, 0.25) is 5.02 Å². The number of hydrogen-bond donors (Lipinski definition) is 1. The quantitative estimate of drug-likeness (QED) is 0.333. The Morgan fingerprint density at radius 2 is 1.46 bits per heavy atom. The minimum absolute atomic E-state index is 0.00829. The maximum atomic E-state index is 13.8. The van der Waals surface area contributed by atoms with E-state index in [2.05, 4.69) is 0 Å². The molecule has 0 aliphatic rings. The third-order valence-electron chi connectivity index (χ3n) is 5.56. The second-order valence-corrected chi connectivity index (χ2v) is 8.97. The first-order chi connectivity index (χ1) is 16.2. The average Bonchev–Trinajstić information content (AvgIpc) is 2.75. The Morgan fingerprint density at radius 3 is 2.00 bits per heavy atom. The van der Waals surface area contributed by atoms with E-state index in [0.717, 1.165) is 18.2 Å². The van der Waals surface area contributed by atoms with Crippen LogP contribution in [0, 0.1) is 5.92 Å². The van der Waals surface area contributed by atoms with Crippen LogP contribution in [0.5, 0.6) is 0 Å². The third-order valence-corrected chi connectivity index (χ3v) is 5.87. The van der Waals surface area contributed by atoms with Gasteiger partial charge in [0.2, 0.25) is 0 Å². The summed E-state index contributed by atoms with van der Waals surface area (Å²) >= 11 is 6.16. The largest absolute Gasteiger partial charge is 0.481 e. The molecule has 0 radical (unpaired) electrons. The van der Waals surface area contributed by atoms with Crippen LogP contribution in [0.25, 0.3) is 22.3 Å². The second kappa shape index (κ2) is 9.93. The molecule has 0 saturated heterocycles. The normalized spacial score (nSPS) is 13.2. The summed E-state index contributed by atoms with van der Waals surface area (Å²) in [4.78, 5) is 11.9. The Bertz CT molecular complexity index is 1230. The van der Waals surface area contributed by atoms with Crippen LogP contribution in [0.15, 0.2) is 60.7 Å². The highest BCUT2D eigenvalue weighted by atomic mass is 35.5. The van der Waals surface area contributed by atoms with E-state index >= 15 is 0 Å². The molecule has 0 aromatic heterocycles. The summed E-state index contributed by atoms with van der Waals surface area (Å²) in [6, 6.07) is 11.6. The van der Waals surface area contributed by atoms with Gasteiger partial charge in [-0.2, -0.15) is 26.3 Å². The van der Waals surface area contributed by atoms with Crippen molar-refractivity contribution in [3.8, 4) is 22.3 Å². The van der Waals surface area contributed by atoms with E-state index in [9.17, 15) is 36.2 Å². The maximum absolute atomic E-state index is 13.8. The highest BCUT2D eigenvalue weighted by Gasteiger charge is 2.35. The van der Waals surface area contributed by atoms with E-state index in [4.69, 9.17) is 11.6 Å². The van der Waals surface area contributed by atoms with Gasteiger partial charge in [0.1, 0.15) is 0 Å². The van der Waals surface area contributed by atoms with Crippen molar-refractivity contribution in [3.05, 3.63) is 82.4 Å². The van der Waals surface area contributed by atoms with Gasteiger partial charge in [0.25, 0.3) is 0 Å². The molecule has 2 nitrogen and oxygen atoms in total. The number of rotatable bonds is 6. The molecule has 0 heterocycles. The van der Waals surface area contributed by atoms with Gasteiger partial charge in [0.15, 0.2) is 0 Å². The fourth-order valence-electron chi connectivity index (χ4n) is 3.96. The zero-order chi connectivity index (χ0) is 26.1. The van der Waals surface area contributed by atoms with Crippen molar-refractivity contribution in [2.24, 2.45) is 5.92 Å². The first-order valence-electron chi connectivity index (χ1n) is 10.6. The summed E-state index contributed by atoms with van der Waals surface area (Å²) in [5.41, 5.74) is -1.65. The Labute approximate surface area is 203 Å². The fourth-order valence-corrected chi connectivity index (χ4v) is 4.24. The fraction of sp³-hybridized carbons (Fsp3) is 0.269. The molecule has 0 aliphatic heterocycles. The lowest BCUT2D eigenvalue weighted by Crippen LogP contribution is -2.14. The zero-order valence-electron chi connectivity index (χ0n) is 18.6. The van der Waals surface area contributed by atoms with Crippen LogP contribution in [0.4, 0.5) is 26.3 Å². The van der Waals surface area contributed by atoms with Crippen LogP contribution in [0.1, 0.15) is 42.9 Å². The Kier molecular flexibility index (Phi) is 7.55. The molecule has 3 aromatic carbocycles. The molecule has 3 rings (SSSR count). The van der Waals surface area contributed by atoms with Crippen molar-refractivity contribution in [1.82, 2.24) is 0 Å². The number of carboxylic acid groups (broad SMARTS) is 1. The number of benzene rings is 3. The molecular weight excluding hydrogens is 494 g/mol. The van der Waals surface area contributed by atoms with Crippen LogP contribution in [-0.2, 0) is 17.1 Å². The van der Waals surface area contributed by atoms with Crippen LogP contribution in [-0.4, -0.2) is 11.1 Å². The van der Waals surface area contributed by atoms with E-state index in [1.54, 1.807) is 0 Å². The van der Waals surface area contributed by atoms with Crippen LogP contribution in [0.3, 0.4) is 0 Å². The predicted molar refractivity (Wildman–Crippen MR) is 122 cm³/mol. The van der Waals surface area contributed by atoms with Gasteiger partial charge in [0.05, 0.1) is 17.0 Å². The minimum Gasteiger partial charge on any atom is -0.481 e. The molecule has 186 valence electrons. The van der Waals surface area contributed by atoms with E-state index in [1.165, 1.54) is 36.4 Å². The van der Waals surface area contributed by atoms with Gasteiger partial charge in [-0.25, -0.2) is 0 Å². The minimum atomic E-state index is -4.72. The summed E-state index contributed by atoms with van der Waals surface area (Å²) in [5, 5.41) is 9.45. The molecule has 3 aromatic rings. The smallest absolute Gasteiger partial charge is 0.417 e. The lowest BCUT2D eigenvalue weighted by Gasteiger charge is -2.21. The Balaban J connectivity index is 2.32. The van der Waals surface area contributed by atoms with E-state index in [1.807, 2.05) is 13.8 Å². The number of carboxylic acids is 1. The third kappa shape index (κ3) is 5.99. The van der Waals surface area contributed by atoms with Crippen molar-refractivity contribution in [2.45, 2.75) is 38.5 Å². The van der Waals surface area contributed by atoms with Crippen molar-refractivity contribution in [3.63, 3.8) is 0 Å². The number of carbonyl (C=O) groups is 1. The Morgan fingerprint density at radius 1 is 0.829 bits per heavy atom. The van der Waals surface area contributed by atoms with Gasteiger partial charge < -0.3 is 5.11 Å². The second-order valence-electron chi connectivity index (χ2n) is 8.56. The van der Waals surface area contributed by atoms with Gasteiger partial charge in [0, 0.05) is 10.6 Å². The Hall–Kier alpha value is -3.00. The topological polar surface area (TPSA) is 37.3 Å². The molecule has 35 heavy (non-hydrogen) atoms. The highest BCUT2D eigenvalue weighted by Crippen LogP contribution is 2.44. The lowest BCUT2D eigenvalue weighted by molar-refractivity contribution is -0.139. The van der Waals surface area contributed by atoms with Crippen molar-refractivity contribution < 1.29 is 36.2 Å². The molecule has 1 unspecified atom stereocenters. The van der Waals surface area contributed by atoms with Gasteiger partial charge in [-0.15, -0.1) is 0 Å². The summed E-state index contributed by atoms with van der Waals surface area (Å²) in [6.07, 6.45) is -9.13. The molecule has 9 heteroatoms. The number of alkyl halides is 6. The first-order valence-corrected chi connectivity index (χ1v) is 11.0. The predicted octanol–water partition coefficient (Wildman–Crippen LogP) is 8.93. The van der Waals surface area contributed by atoms with Gasteiger partial charge >= 0.3 is 18.3 Å². The number of hydrogen-bond acceptors (Lipinski definition) is 1. The van der Waals surface area contributed by atoms with Crippen molar-refractivity contribution in [2.75, 3.05) is 0 Å². The molecule has 0 amide bonds. The number of aliphatic carboxylic acids is 1. The zero-order valence-corrected chi connectivity index (χ0v) is 19.4. The van der Waals surface area contributed by atoms with Crippen LogP contribution >= 0.6 is 11.6 Å². The molecule has 0 bridgehead atoms. The molecule has 0 aliphatic carbocycles. The lowest BCUT2D eigenvalue weighted by atomic mass is 9.84. The molecule has 0 spiro atoms. The van der Waals surface area contributed by atoms with Crippen LogP contribution < -0.4 is 0 Å². The summed E-state index contributed by atoms with van der Waals surface area (Å²) in [5.74, 6) is -2.12. The molecule has 1 atom stereocenters. The molecule has 1 N–H and O–H groups in total. The maximum Gasteiger partial charge on any atom is 0.417 e. The van der Waals surface area contributed by atoms with E-state index < -0.39 is 35.4 Å². The van der Waals surface area contributed by atoms with E-state index in [-0.39, 0.29) is 45.2 Å².